The van der Waals surface area contributed by atoms with Gasteiger partial charge in [0.25, 0.3) is 0 Å². The van der Waals surface area contributed by atoms with Crippen LogP contribution in [-0.4, -0.2) is 0 Å². The molecule has 0 aromatic rings. The van der Waals surface area contributed by atoms with Gasteiger partial charge in [0.05, 0.1) is 0 Å². The van der Waals surface area contributed by atoms with Crippen LogP contribution in [0.2, 0.25) is 0 Å². The van der Waals surface area contributed by atoms with E-state index in [0.717, 1.165) is 17.3 Å². The molecule has 0 bridgehead atoms. The maximum atomic E-state index is 2.47. The van der Waals surface area contributed by atoms with Gasteiger partial charge in [0.15, 0.2) is 0 Å². The molecule has 0 amide bonds. The van der Waals surface area contributed by atoms with Crippen LogP contribution in [0.4, 0.5) is 0 Å². The Kier molecular flexibility index (Phi) is 0.980. The van der Waals surface area contributed by atoms with Crippen molar-refractivity contribution in [3.8, 4) is 0 Å². The van der Waals surface area contributed by atoms with Crippen LogP contribution >= 0.6 is 0 Å². The van der Waals surface area contributed by atoms with Crippen molar-refractivity contribution < 1.29 is 0 Å². The SMILES string of the molecule is CCC1CCC2(C)CC12. The van der Waals surface area contributed by atoms with Gasteiger partial charge in [-0.2, -0.15) is 0 Å². The molecule has 3 unspecified atom stereocenters. The summed E-state index contributed by atoms with van der Waals surface area (Å²) in [6, 6.07) is 0. The maximum Gasteiger partial charge on any atom is -0.0292 e. The van der Waals surface area contributed by atoms with Crippen molar-refractivity contribution in [1.29, 1.82) is 0 Å². The van der Waals surface area contributed by atoms with Crippen LogP contribution in [0.15, 0.2) is 0 Å². The molecule has 0 heterocycles. The van der Waals surface area contributed by atoms with E-state index in [1.165, 1.54) is 19.3 Å². The molecule has 52 valence electrons. The van der Waals surface area contributed by atoms with E-state index >= 15 is 0 Å². The predicted octanol–water partition coefficient (Wildman–Crippen LogP) is 2.83. The van der Waals surface area contributed by atoms with Crippen LogP contribution in [-0.2, 0) is 0 Å². The fourth-order valence-corrected chi connectivity index (χ4v) is 2.67. The summed E-state index contributed by atoms with van der Waals surface area (Å²) < 4.78 is 0. The van der Waals surface area contributed by atoms with Gasteiger partial charge in [0.1, 0.15) is 0 Å². The molecule has 2 aliphatic rings. The molecule has 0 nitrogen and oxygen atoms in total. The molecular weight excluding hydrogens is 108 g/mol. The van der Waals surface area contributed by atoms with Gasteiger partial charge in [-0.05, 0) is 36.5 Å². The average Bonchev–Trinajstić information content (AvgIpc) is 2.39. The summed E-state index contributed by atoms with van der Waals surface area (Å²) in [5, 5.41) is 0. The van der Waals surface area contributed by atoms with E-state index in [-0.39, 0.29) is 0 Å². The average molecular weight is 124 g/mol. The van der Waals surface area contributed by atoms with Crippen molar-refractivity contribution in [3.05, 3.63) is 0 Å². The van der Waals surface area contributed by atoms with Gasteiger partial charge in [-0.15, -0.1) is 0 Å². The van der Waals surface area contributed by atoms with Gasteiger partial charge in [0.2, 0.25) is 0 Å². The van der Waals surface area contributed by atoms with Gasteiger partial charge in [-0.3, -0.25) is 0 Å². The fraction of sp³-hybridized carbons (Fsp3) is 1.00. The van der Waals surface area contributed by atoms with E-state index < -0.39 is 0 Å². The van der Waals surface area contributed by atoms with E-state index in [1.54, 1.807) is 6.42 Å². The lowest BCUT2D eigenvalue weighted by atomic mass is 10.0. The molecule has 2 saturated carbocycles. The highest BCUT2D eigenvalue weighted by Crippen LogP contribution is 2.66. The Morgan fingerprint density at radius 2 is 2.33 bits per heavy atom. The summed E-state index contributed by atoms with van der Waals surface area (Å²) >= 11 is 0. The highest BCUT2D eigenvalue weighted by atomic mass is 14.6. The minimum absolute atomic E-state index is 0.834. The topological polar surface area (TPSA) is 0 Å². The molecule has 0 spiro atoms. The van der Waals surface area contributed by atoms with Crippen molar-refractivity contribution in [1.82, 2.24) is 0 Å². The van der Waals surface area contributed by atoms with Gasteiger partial charge >= 0.3 is 0 Å². The maximum absolute atomic E-state index is 2.47. The van der Waals surface area contributed by atoms with E-state index in [9.17, 15) is 0 Å². The van der Waals surface area contributed by atoms with E-state index in [2.05, 4.69) is 13.8 Å². The molecule has 0 heteroatoms. The van der Waals surface area contributed by atoms with Crippen molar-refractivity contribution >= 4 is 0 Å². The molecular formula is C9H16. The lowest BCUT2D eigenvalue weighted by Crippen LogP contribution is -1.94. The zero-order valence-corrected chi connectivity index (χ0v) is 6.48. The van der Waals surface area contributed by atoms with Gasteiger partial charge in [0, 0.05) is 0 Å². The Balaban J connectivity index is 2.04. The normalized spacial score (nSPS) is 55.3. The van der Waals surface area contributed by atoms with Crippen molar-refractivity contribution in [3.63, 3.8) is 0 Å². The molecule has 0 saturated heterocycles. The Morgan fingerprint density at radius 1 is 1.56 bits per heavy atom. The molecule has 0 aromatic carbocycles. The highest BCUT2D eigenvalue weighted by Gasteiger charge is 2.57. The van der Waals surface area contributed by atoms with Crippen LogP contribution in [0.3, 0.4) is 0 Å². The number of fused-ring (bicyclic) bond motifs is 1. The van der Waals surface area contributed by atoms with Crippen LogP contribution in [0.25, 0.3) is 0 Å². The Hall–Kier alpha value is 0. The Morgan fingerprint density at radius 3 is 2.56 bits per heavy atom. The first kappa shape index (κ1) is 5.76. The number of hydrogen-bond acceptors (Lipinski definition) is 0. The van der Waals surface area contributed by atoms with Crippen LogP contribution in [0.1, 0.15) is 39.5 Å². The summed E-state index contributed by atoms with van der Waals surface area (Å²) in [6.45, 7) is 4.81. The second kappa shape index (κ2) is 1.53. The van der Waals surface area contributed by atoms with Gasteiger partial charge in [-0.1, -0.05) is 20.3 Å². The predicted molar refractivity (Wildman–Crippen MR) is 39.2 cm³/mol. The van der Waals surface area contributed by atoms with E-state index in [0.29, 0.717) is 0 Å². The summed E-state index contributed by atoms with van der Waals surface area (Å²) in [7, 11) is 0. The van der Waals surface area contributed by atoms with Crippen molar-refractivity contribution in [2.45, 2.75) is 39.5 Å². The quantitative estimate of drug-likeness (QED) is 0.504. The molecule has 2 fully saturated rings. The fourth-order valence-electron chi connectivity index (χ4n) is 2.67. The summed E-state index contributed by atoms with van der Waals surface area (Å²) in [5.74, 6) is 2.25. The zero-order chi connectivity index (χ0) is 6.48. The standard InChI is InChI=1S/C9H16/c1-3-7-4-5-9(2)6-8(7)9/h7-8H,3-6H2,1-2H3. The smallest absolute Gasteiger partial charge is 0.0292 e. The molecule has 2 rings (SSSR count). The molecule has 0 N–H and O–H groups in total. The van der Waals surface area contributed by atoms with Crippen LogP contribution in [0, 0.1) is 17.3 Å². The molecule has 9 heavy (non-hydrogen) atoms. The van der Waals surface area contributed by atoms with Crippen LogP contribution < -0.4 is 0 Å². The Bertz CT molecular complexity index is 128. The first-order valence-electron chi connectivity index (χ1n) is 4.26. The number of rotatable bonds is 1. The molecule has 0 radical (unpaired) electrons. The summed E-state index contributed by atoms with van der Waals surface area (Å²) in [5.41, 5.74) is 0.834. The van der Waals surface area contributed by atoms with Crippen molar-refractivity contribution in [2.24, 2.45) is 17.3 Å². The molecule has 0 aromatic heterocycles. The van der Waals surface area contributed by atoms with Gasteiger partial charge < -0.3 is 0 Å². The van der Waals surface area contributed by atoms with Crippen LogP contribution in [0.5, 0.6) is 0 Å². The lowest BCUT2D eigenvalue weighted by molar-refractivity contribution is 0.464. The summed E-state index contributed by atoms with van der Waals surface area (Å²) in [6.07, 6.45) is 6.03. The third-order valence-corrected chi connectivity index (χ3v) is 3.60. The lowest BCUT2D eigenvalue weighted by Gasteiger charge is -2.04. The third-order valence-electron chi connectivity index (χ3n) is 3.60. The van der Waals surface area contributed by atoms with Crippen molar-refractivity contribution in [2.75, 3.05) is 0 Å². The minimum atomic E-state index is 0.834. The second-order valence-electron chi connectivity index (χ2n) is 4.17. The Labute approximate surface area is 57.6 Å². The van der Waals surface area contributed by atoms with Gasteiger partial charge in [-0.25, -0.2) is 0 Å². The first-order chi connectivity index (χ1) is 4.26. The molecule has 2 aliphatic carbocycles. The second-order valence-corrected chi connectivity index (χ2v) is 4.17. The van der Waals surface area contributed by atoms with E-state index in [1.807, 2.05) is 0 Å². The minimum Gasteiger partial charge on any atom is -0.0651 e. The third kappa shape index (κ3) is 0.653. The highest BCUT2D eigenvalue weighted by molar-refractivity contribution is 5.06. The molecule has 3 atom stereocenters. The largest absolute Gasteiger partial charge is 0.0651 e. The zero-order valence-electron chi connectivity index (χ0n) is 6.48. The first-order valence-corrected chi connectivity index (χ1v) is 4.26. The summed E-state index contributed by atoms with van der Waals surface area (Å²) in [4.78, 5) is 0. The monoisotopic (exact) mass is 124 g/mol. The molecule has 0 aliphatic heterocycles. The number of hydrogen-bond donors (Lipinski definition) is 0. The van der Waals surface area contributed by atoms with E-state index in [4.69, 9.17) is 0 Å².